The van der Waals surface area contributed by atoms with Crippen LogP contribution in [-0.4, -0.2) is 0 Å². The van der Waals surface area contributed by atoms with Crippen molar-refractivity contribution in [2.75, 3.05) is 0 Å². The van der Waals surface area contributed by atoms with E-state index in [1.807, 2.05) is 13.8 Å². The van der Waals surface area contributed by atoms with Crippen molar-refractivity contribution in [3.63, 3.8) is 0 Å². The highest BCUT2D eigenvalue weighted by atomic mass is 13.3. The minimum Gasteiger partial charge on any atom is -0.133 e. The van der Waals surface area contributed by atoms with E-state index in [2.05, 4.69) is 24.6 Å². The van der Waals surface area contributed by atoms with Gasteiger partial charge in [-0.2, -0.15) is 0 Å². The Hall–Kier alpha value is -0.960. The first kappa shape index (κ1) is 10.1. The molecule has 0 aliphatic rings. The molecule has 0 rings (SSSR count). The lowest BCUT2D eigenvalue weighted by Gasteiger charge is -1.37. The second kappa shape index (κ2) is 16.6. The molecule has 0 radical (unpaired) electrons. The van der Waals surface area contributed by atoms with E-state index in [1.54, 1.807) is 12.2 Å². The van der Waals surface area contributed by atoms with Gasteiger partial charge in [0.2, 0.25) is 0 Å². The zero-order valence-electron chi connectivity index (χ0n) is 5.57. The van der Waals surface area contributed by atoms with E-state index in [9.17, 15) is 0 Å². The number of rotatable bonds is 0. The first-order valence-corrected chi connectivity index (χ1v) is 2.44. The fourth-order valence-corrected chi connectivity index (χ4v) is 0. The molecule has 8 heavy (non-hydrogen) atoms. The standard InChI is InChI=1S/2C4H6/c2*1-3-4-2/h2*4H,1H2,2H3. The molecule has 0 aromatic heterocycles. The first-order valence-electron chi connectivity index (χ1n) is 2.44. The second-order valence-corrected chi connectivity index (χ2v) is 0.986. The van der Waals surface area contributed by atoms with Crippen molar-refractivity contribution < 1.29 is 0 Å². The van der Waals surface area contributed by atoms with Gasteiger partial charge in [-0.3, -0.25) is 0 Å². The second-order valence-electron chi connectivity index (χ2n) is 0.986. The molecule has 0 heteroatoms. The van der Waals surface area contributed by atoms with Crippen molar-refractivity contribution in [3.8, 4) is 0 Å². The summed E-state index contributed by atoms with van der Waals surface area (Å²) in [7, 11) is 0. The molecule has 0 saturated heterocycles. The summed E-state index contributed by atoms with van der Waals surface area (Å²) in [5.41, 5.74) is 5.11. The molecule has 0 aromatic rings. The van der Waals surface area contributed by atoms with Crippen LogP contribution < -0.4 is 0 Å². The van der Waals surface area contributed by atoms with Crippen LogP contribution in [0.1, 0.15) is 13.8 Å². The van der Waals surface area contributed by atoms with Gasteiger partial charge in [-0.05, 0) is 26.0 Å². The predicted octanol–water partition coefficient (Wildman–Crippen LogP) is 2.69. The molecule has 0 fully saturated rings. The van der Waals surface area contributed by atoms with Crippen molar-refractivity contribution in [3.05, 3.63) is 36.8 Å². The highest BCUT2D eigenvalue weighted by molar-refractivity contribution is 4.67. The lowest BCUT2D eigenvalue weighted by atomic mass is 10.7. The van der Waals surface area contributed by atoms with E-state index >= 15 is 0 Å². The van der Waals surface area contributed by atoms with E-state index in [1.165, 1.54) is 0 Å². The van der Waals surface area contributed by atoms with E-state index in [4.69, 9.17) is 0 Å². The van der Waals surface area contributed by atoms with Crippen molar-refractivity contribution in [1.29, 1.82) is 0 Å². The molecule has 0 amide bonds. The van der Waals surface area contributed by atoms with Gasteiger partial charge < -0.3 is 0 Å². The molecule has 0 saturated carbocycles. The number of allylic oxidation sites excluding steroid dienone is 2. The molecule has 0 spiro atoms. The fourth-order valence-electron chi connectivity index (χ4n) is 0. The summed E-state index contributed by atoms with van der Waals surface area (Å²) in [6.45, 7) is 10.4. The highest BCUT2D eigenvalue weighted by Gasteiger charge is 1.25. The van der Waals surface area contributed by atoms with Crippen molar-refractivity contribution in [2.45, 2.75) is 13.8 Å². The topological polar surface area (TPSA) is 0 Å². The molecule has 0 aromatic carbocycles. The number of hydrogen-bond acceptors (Lipinski definition) is 0. The van der Waals surface area contributed by atoms with E-state index < -0.39 is 0 Å². The van der Waals surface area contributed by atoms with Crippen LogP contribution in [0.4, 0.5) is 0 Å². The monoisotopic (exact) mass is 108 g/mol. The summed E-state index contributed by atoms with van der Waals surface area (Å²) in [4.78, 5) is 0. The molecule has 0 unspecified atom stereocenters. The molecule has 0 nitrogen and oxygen atoms in total. The Kier molecular flexibility index (Phi) is 21.0. The van der Waals surface area contributed by atoms with Gasteiger partial charge in [0.1, 0.15) is 0 Å². The quantitative estimate of drug-likeness (QED) is 0.418. The Labute approximate surface area is 51.5 Å². The van der Waals surface area contributed by atoms with Gasteiger partial charge in [-0.15, -0.1) is 11.5 Å². The van der Waals surface area contributed by atoms with Gasteiger partial charge in [0.15, 0.2) is 0 Å². The first-order chi connectivity index (χ1) is 3.83. The maximum absolute atomic E-state index is 3.30. The third kappa shape index (κ3) is 76.1. The Morgan fingerprint density at radius 3 is 1.12 bits per heavy atom. The average molecular weight is 108 g/mol. The van der Waals surface area contributed by atoms with Crippen LogP contribution >= 0.6 is 0 Å². The molecule has 0 N–H and O–H groups in total. The molecular formula is C8H12. The maximum Gasteiger partial charge on any atom is -0.0393 e. The smallest absolute Gasteiger partial charge is 0.0393 e. The molecular weight excluding hydrogens is 96.1 g/mol. The summed E-state index contributed by atoms with van der Waals surface area (Å²) in [6.07, 6.45) is 3.53. The van der Waals surface area contributed by atoms with Crippen molar-refractivity contribution in [2.24, 2.45) is 0 Å². The zero-order valence-corrected chi connectivity index (χ0v) is 5.57. The van der Waals surface area contributed by atoms with Gasteiger partial charge in [-0.1, -0.05) is 13.2 Å². The van der Waals surface area contributed by atoms with Gasteiger partial charge in [0.25, 0.3) is 0 Å². The fraction of sp³-hybridized carbons (Fsp3) is 0.250. The van der Waals surface area contributed by atoms with Crippen LogP contribution in [0, 0.1) is 0 Å². The largest absolute Gasteiger partial charge is 0.133 e. The van der Waals surface area contributed by atoms with E-state index in [0.29, 0.717) is 0 Å². The minimum atomic E-state index is 1.76. The average Bonchev–Trinajstić information content (AvgIpc) is 1.88. The van der Waals surface area contributed by atoms with Crippen molar-refractivity contribution in [1.82, 2.24) is 0 Å². The normalized spacial score (nSPS) is 4.25. The number of hydrogen-bond donors (Lipinski definition) is 0. The van der Waals surface area contributed by atoms with Gasteiger partial charge in [-0.25, -0.2) is 0 Å². The molecule has 0 aliphatic carbocycles. The van der Waals surface area contributed by atoms with Crippen molar-refractivity contribution >= 4 is 0 Å². The summed E-state index contributed by atoms with van der Waals surface area (Å²) >= 11 is 0. The summed E-state index contributed by atoms with van der Waals surface area (Å²) < 4.78 is 0. The zero-order chi connectivity index (χ0) is 6.83. The molecule has 0 bridgehead atoms. The lowest BCUT2D eigenvalue weighted by Crippen LogP contribution is -1.15. The van der Waals surface area contributed by atoms with Crippen LogP contribution in [0.2, 0.25) is 0 Å². The van der Waals surface area contributed by atoms with E-state index in [-0.39, 0.29) is 0 Å². The van der Waals surface area contributed by atoms with E-state index in [0.717, 1.165) is 0 Å². The van der Waals surface area contributed by atoms with Crippen LogP contribution in [-0.2, 0) is 0 Å². The predicted molar refractivity (Wildman–Crippen MR) is 38.8 cm³/mol. The molecule has 0 atom stereocenters. The Balaban J connectivity index is 0. The third-order valence-corrected chi connectivity index (χ3v) is 0.408. The minimum absolute atomic E-state index is 1.76. The molecule has 44 valence electrons. The third-order valence-electron chi connectivity index (χ3n) is 0.408. The SMILES string of the molecule is C=C=CC.C=C=CC. The van der Waals surface area contributed by atoms with Gasteiger partial charge in [0.05, 0.1) is 0 Å². The summed E-state index contributed by atoms with van der Waals surface area (Å²) in [5, 5.41) is 0. The Morgan fingerprint density at radius 1 is 1.00 bits per heavy atom. The Bertz CT molecular complexity index is 92.0. The lowest BCUT2D eigenvalue weighted by molar-refractivity contribution is 1.78. The van der Waals surface area contributed by atoms with Crippen LogP contribution in [0.25, 0.3) is 0 Å². The molecule has 0 heterocycles. The Morgan fingerprint density at radius 2 is 1.12 bits per heavy atom. The molecule has 0 aliphatic heterocycles. The summed E-state index contributed by atoms with van der Waals surface area (Å²) in [5.74, 6) is 0. The maximum atomic E-state index is 3.30. The van der Waals surface area contributed by atoms with Crippen LogP contribution in [0.3, 0.4) is 0 Å². The van der Waals surface area contributed by atoms with Gasteiger partial charge >= 0.3 is 0 Å². The highest BCUT2D eigenvalue weighted by Crippen LogP contribution is 1.46. The summed E-state index contributed by atoms with van der Waals surface area (Å²) in [6, 6.07) is 0. The van der Waals surface area contributed by atoms with Gasteiger partial charge in [0, 0.05) is 0 Å². The van der Waals surface area contributed by atoms with Crippen LogP contribution in [0.15, 0.2) is 36.8 Å². The van der Waals surface area contributed by atoms with Crippen LogP contribution in [0.5, 0.6) is 0 Å².